The first-order valence-corrected chi connectivity index (χ1v) is 5.43. The Morgan fingerprint density at radius 2 is 1.87 bits per heavy atom. The minimum atomic E-state index is -0.601. The molecule has 1 fully saturated rings. The quantitative estimate of drug-likeness (QED) is 0.780. The van der Waals surface area contributed by atoms with E-state index in [0.717, 1.165) is 6.42 Å². The Morgan fingerprint density at radius 3 is 2.20 bits per heavy atom. The van der Waals surface area contributed by atoms with Crippen molar-refractivity contribution in [3.8, 4) is 0 Å². The zero-order chi connectivity index (χ0) is 11.5. The van der Waals surface area contributed by atoms with Crippen LogP contribution < -0.4 is 0 Å². The summed E-state index contributed by atoms with van der Waals surface area (Å²) in [5, 5.41) is 9.26. The van der Waals surface area contributed by atoms with Gasteiger partial charge < -0.3 is 19.3 Å². The summed E-state index contributed by atoms with van der Waals surface area (Å²) in [6, 6.07) is 0. The standard InChI is InChI=1S/C11H22O4/c1-5-11(6-12)7-13-9(14-8-11)15-10(2,3)4/h9,12H,5-8H2,1-4H3. The van der Waals surface area contributed by atoms with Gasteiger partial charge in [-0.1, -0.05) is 6.92 Å². The fourth-order valence-electron chi connectivity index (χ4n) is 1.34. The maximum absolute atomic E-state index is 9.26. The molecule has 15 heavy (non-hydrogen) atoms. The van der Waals surface area contributed by atoms with Crippen molar-refractivity contribution < 1.29 is 19.3 Å². The van der Waals surface area contributed by atoms with Gasteiger partial charge in [0.05, 0.1) is 25.4 Å². The molecule has 0 unspecified atom stereocenters. The van der Waals surface area contributed by atoms with E-state index < -0.39 is 6.48 Å². The van der Waals surface area contributed by atoms with Crippen LogP contribution >= 0.6 is 0 Å². The maximum atomic E-state index is 9.26. The fourth-order valence-corrected chi connectivity index (χ4v) is 1.34. The van der Waals surface area contributed by atoms with Crippen molar-refractivity contribution in [1.82, 2.24) is 0 Å². The van der Waals surface area contributed by atoms with E-state index in [1.54, 1.807) is 0 Å². The third-order valence-corrected chi connectivity index (χ3v) is 2.59. The molecule has 0 aromatic heterocycles. The summed E-state index contributed by atoms with van der Waals surface area (Å²) in [7, 11) is 0. The van der Waals surface area contributed by atoms with E-state index in [2.05, 4.69) is 0 Å². The largest absolute Gasteiger partial charge is 0.396 e. The van der Waals surface area contributed by atoms with Crippen LogP contribution in [0.5, 0.6) is 0 Å². The Hall–Kier alpha value is -0.160. The molecule has 4 nitrogen and oxygen atoms in total. The van der Waals surface area contributed by atoms with E-state index in [9.17, 15) is 5.11 Å². The molecule has 1 rings (SSSR count). The van der Waals surface area contributed by atoms with Gasteiger partial charge in [0.1, 0.15) is 0 Å². The van der Waals surface area contributed by atoms with Gasteiger partial charge >= 0.3 is 0 Å². The van der Waals surface area contributed by atoms with Crippen LogP contribution in [0.2, 0.25) is 0 Å². The van der Waals surface area contributed by atoms with E-state index in [-0.39, 0.29) is 17.6 Å². The van der Waals surface area contributed by atoms with Gasteiger partial charge in [-0.15, -0.1) is 0 Å². The van der Waals surface area contributed by atoms with Gasteiger partial charge in [-0.05, 0) is 27.2 Å². The minimum Gasteiger partial charge on any atom is -0.396 e. The normalized spacial score (nSPS) is 33.0. The van der Waals surface area contributed by atoms with E-state index >= 15 is 0 Å². The lowest BCUT2D eigenvalue weighted by molar-refractivity contribution is -0.363. The SMILES string of the molecule is CCC1(CO)COC(OC(C)(C)C)OC1. The molecule has 0 aliphatic carbocycles. The number of aliphatic hydroxyl groups is 1. The lowest BCUT2D eigenvalue weighted by Gasteiger charge is -2.39. The van der Waals surface area contributed by atoms with Gasteiger partial charge in [0.15, 0.2) is 0 Å². The predicted octanol–water partition coefficient (Wildman–Crippen LogP) is 1.52. The first-order chi connectivity index (χ1) is 6.91. The lowest BCUT2D eigenvalue weighted by atomic mass is 9.88. The second-order valence-corrected chi connectivity index (χ2v) is 5.15. The van der Waals surface area contributed by atoms with Gasteiger partial charge in [-0.2, -0.15) is 0 Å². The van der Waals surface area contributed by atoms with Crippen molar-refractivity contribution >= 4 is 0 Å². The highest BCUT2D eigenvalue weighted by atomic mass is 16.9. The van der Waals surface area contributed by atoms with Gasteiger partial charge in [0, 0.05) is 5.41 Å². The van der Waals surface area contributed by atoms with E-state index in [4.69, 9.17) is 14.2 Å². The highest BCUT2D eigenvalue weighted by molar-refractivity contribution is 4.78. The highest BCUT2D eigenvalue weighted by Crippen LogP contribution is 2.29. The summed E-state index contributed by atoms with van der Waals surface area (Å²) < 4.78 is 16.4. The Labute approximate surface area is 91.5 Å². The van der Waals surface area contributed by atoms with E-state index in [0.29, 0.717) is 13.2 Å². The second-order valence-electron chi connectivity index (χ2n) is 5.15. The third kappa shape index (κ3) is 3.72. The van der Waals surface area contributed by atoms with Crippen molar-refractivity contribution in [2.45, 2.75) is 46.2 Å². The lowest BCUT2D eigenvalue weighted by Crippen LogP contribution is -2.46. The zero-order valence-corrected chi connectivity index (χ0v) is 10.1. The number of rotatable bonds is 3. The molecule has 1 heterocycles. The average molecular weight is 218 g/mol. The third-order valence-electron chi connectivity index (χ3n) is 2.59. The Balaban J connectivity index is 2.42. The molecule has 1 N–H and O–H groups in total. The second kappa shape index (κ2) is 4.78. The van der Waals surface area contributed by atoms with Crippen molar-refractivity contribution in [2.75, 3.05) is 19.8 Å². The van der Waals surface area contributed by atoms with Crippen LogP contribution in [0, 0.1) is 5.41 Å². The molecule has 0 radical (unpaired) electrons. The summed E-state index contributed by atoms with van der Waals surface area (Å²) in [4.78, 5) is 0. The monoisotopic (exact) mass is 218 g/mol. The van der Waals surface area contributed by atoms with Crippen LogP contribution in [0.3, 0.4) is 0 Å². The van der Waals surface area contributed by atoms with Crippen LogP contribution in [0.4, 0.5) is 0 Å². The van der Waals surface area contributed by atoms with Crippen LogP contribution in [-0.4, -0.2) is 37.0 Å². The smallest absolute Gasteiger partial charge is 0.272 e. The highest BCUT2D eigenvalue weighted by Gasteiger charge is 2.36. The van der Waals surface area contributed by atoms with Gasteiger partial charge in [-0.3, -0.25) is 0 Å². The van der Waals surface area contributed by atoms with Crippen molar-refractivity contribution in [3.05, 3.63) is 0 Å². The molecule has 0 amide bonds. The number of hydrogen-bond donors (Lipinski definition) is 1. The summed E-state index contributed by atoms with van der Waals surface area (Å²) in [5.74, 6) is 0. The Bertz CT molecular complexity index is 183. The number of aliphatic hydroxyl groups excluding tert-OH is 1. The minimum absolute atomic E-state index is 0.0890. The van der Waals surface area contributed by atoms with Gasteiger partial charge in [0.25, 0.3) is 6.48 Å². The first-order valence-electron chi connectivity index (χ1n) is 5.43. The molecule has 0 atom stereocenters. The van der Waals surface area contributed by atoms with Crippen LogP contribution in [0.25, 0.3) is 0 Å². The molecule has 0 spiro atoms. The van der Waals surface area contributed by atoms with Crippen molar-refractivity contribution in [2.24, 2.45) is 5.41 Å². The van der Waals surface area contributed by atoms with Crippen LogP contribution in [-0.2, 0) is 14.2 Å². The van der Waals surface area contributed by atoms with E-state index in [1.165, 1.54) is 0 Å². The summed E-state index contributed by atoms with van der Waals surface area (Å²) in [6.07, 6.45) is 0.839. The molecule has 1 aliphatic heterocycles. The molecule has 4 heteroatoms. The Kier molecular flexibility index (Phi) is 4.12. The topological polar surface area (TPSA) is 47.9 Å². The summed E-state index contributed by atoms with van der Waals surface area (Å²) in [5.41, 5.74) is -0.534. The number of ether oxygens (including phenoxy) is 3. The molecule has 1 aliphatic rings. The summed E-state index contributed by atoms with van der Waals surface area (Å²) >= 11 is 0. The van der Waals surface area contributed by atoms with Crippen molar-refractivity contribution in [1.29, 1.82) is 0 Å². The molecule has 0 aromatic rings. The maximum Gasteiger partial charge on any atom is 0.272 e. The molecule has 0 bridgehead atoms. The number of hydrogen-bond acceptors (Lipinski definition) is 4. The summed E-state index contributed by atoms with van der Waals surface area (Å²) in [6.45, 7) is 8.34. The molecular formula is C11H22O4. The Morgan fingerprint density at radius 1 is 1.33 bits per heavy atom. The first kappa shape index (κ1) is 12.9. The zero-order valence-electron chi connectivity index (χ0n) is 10.1. The van der Waals surface area contributed by atoms with E-state index in [1.807, 2.05) is 27.7 Å². The van der Waals surface area contributed by atoms with Crippen LogP contribution in [0.15, 0.2) is 0 Å². The van der Waals surface area contributed by atoms with Gasteiger partial charge in [-0.25, -0.2) is 0 Å². The average Bonchev–Trinajstić information content (AvgIpc) is 2.17. The predicted molar refractivity (Wildman–Crippen MR) is 56.3 cm³/mol. The molecule has 90 valence electrons. The molecule has 0 saturated carbocycles. The molecular weight excluding hydrogens is 196 g/mol. The van der Waals surface area contributed by atoms with Crippen molar-refractivity contribution in [3.63, 3.8) is 0 Å². The van der Waals surface area contributed by atoms with Crippen LogP contribution in [0.1, 0.15) is 34.1 Å². The fraction of sp³-hybridized carbons (Fsp3) is 1.00. The van der Waals surface area contributed by atoms with Gasteiger partial charge in [0.2, 0.25) is 0 Å². The molecule has 0 aromatic carbocycles. The molecule has 1 saturated heterocycles.